The van der Waals surface area contributed by atoms with E-state index in [1.807, 2.05) is 0 Å². The first-order valence-corrected chi connectivity index (χ1v) is 4.78. The van der Waals surface area contributed by atoms with Gasteiger partial charge in [0.05, 0.1) is 19.8 Å². The Hall–Kier alpha value is -1.13. The summed E-state index contributed by atoms with van der Waals surface area (Å²) >= 11 is 0. The number of hydrogen-bond donors (Lipinski definition) is 2. The average molecular weight is 213 g/mol. The third kappa shape index (κ3) is 2.67. The number of methoxy groups -OCH3 is 1. The number of benzene rings is 1. The van der Waals surface area contributed by atoms with Crippen molar-refractivity contribution in [1.82, 2.24) is 0 Å². The largest absolute Gasteiger partial charge is 0.496 e. The topological polar surface area (TPSA) is 55.5 Å². The van der Waals surface area contributed by atoms with Crippen LogP contribution in [0.25, 0.3) is 0 Å². The summed E-state index contributed by atoms with van der Waals surface area (Å²) in [4.78, 5) is 0. The van der Waals surface area contributed by atoms with Crippen LogP contribution in [0, 0.1) is 0 Å². The smallest absolute Gasteiger partial charge is 0.123 e. The Morgan fingerprint density at radius 3 is 2.67 bits per heavy atom. The van der Waals surface area contributed by atoms with Crippen molar-refractivity contribution in [3.63, 3.8) is 0 Å². The van der Waals surface area contributed by atoms with E-state index in [0.717, 1.165) is 0 Å². The van der Waals surface area contributed by atoms with Crippen LogP contribution in [0.2, 0.25) is 0 Å². The maximum atomic E-state index is 13.1. The highest BCUT2D eigenvalue weighted by atomic mass is 19.1. The molecule has 2 unspecified atom stereocenters. The minimum absolute atomic E-state index is 0.194. The van der Waals surface area contributed by atoms with Gasteiger partial charge in [-0.2, -0.15) is 0 Å². The van der Waals surface area contributed by atoms with Crippen molar-refractivity contribution in [1.29, 1.82) is 0 Å². The summed E-state index contributed by atoms with van der Waals surface area (Å²) in [5.74, 6) is 0.570. The fraction of sp³-hybridized carbons (Fsp3) is 0.455. The lowest BCUT2D eigenvalue weighted by molar-refractivity contribution is 0.264. The van der Waals surface area contributed by atoms with E-state index >= 15 is 0 Å². The molecule has 1 rings (SSSR count). The van der Waals surface area contributed by atoms with Gasteiger partial charge in [-0.15, -0.1) is 0 Å². The van der Waals surface area contributed by atoms with E-state index in [9.17, 15) is 4.39 Å². The summed E-state index contributed by atoms with van der Waals surface area (Å²) in [7, 11) is 1.52. The van der Waals surface area contributed by atoms with Crippen molar-refractivity contribution in [3.05, 3.63) is 29.3 Å². The van der Waals surface area contributed by atoms with Crippen molar-refractivity contribution in [2.75, 3.05) is 13.7 Å². The van der Waals surface area contributed by atoms with E-state index in [0.29, 0.717) is 16.9 Å². The van der Waals surface area contributed by atoms with Crippen molar-refractivity contribution in [3.8, 4) is 5.75 Å². The zero-order valence-corrected chi connectivity index (χ0v) is 8.90. The van der Waals surface area contributed by atoms with Gasteiger partial charge in [-0.05, 0) is 24.6 Å². The number of alkyl halides is 1. The molecule has 84 valence electrons. The lowest BCUT2D eigenvalue weighted by atomic mass is 10.0. The Balaban J connectivity index is 3.13. The minimum Gasteiger partial charge on any atom is -0.496 e. The highest BCUT2D eigenvalue weighted by Crippen LogP contribution is 2.28. The number of aliphatic hydroxyl groups excluding tert-OH is 1. The molecule has 0 heterocycles. The third-order valence-corrected chi connectivity index (χ3v) is 2.31. The standard InChI is InChI=1S/C11H16FNO2/c1-7(12)8-3-4-11(15-2)9(5-8)10(13)6-14/h3-5,7,10,14H,6,13H2,1-2H3. The van der Waals surface area contributed by atoms with Gasteiger partial charge in [0, 0.05) is 5.56 Å². The summed E-state index contributed by atoms with van der Waals surface area (Å²) in [5, 5.41) is 8.96. The summed E-state index contributed by atoms with van der Waals surface area (Å²) < 4.78 is 18.2. The normalized spacial score (nSPS) is 14.7. The van der Waals surface area contributed by atoms with Crippen LogP contribution in [-0.2, 0) is 0 Å². The van der Waals surface area contributed by atoms with Gasteiger partial charge in [-0.1, -0.05) is 6.07 Å². The van der Waals surface area contributed by atoms with Crippen LogP contribution in [0.15, 0.2) is 18.2 Å². The lowest BCUT2D eigenvalue weighted by Crippen LogP contribution is -2.15. The Labute approximate surface area is 88.7 Å². The molecule has 0 radical (unpaired) electrons. The molecule has 1 aromatic carbocycles. The maximum Gasteiger partial charge on any atom is 0.123 e. The first-order chi connectivity index (χ1) is 7.10. The van der Waals surface area contributed by atoms with Crippen LogP contribution in [0.5, 0.6) is 5.75 Å². The molecule has 0 bridgehead atoms. The van der Waals surface area contributed by atoms with Crippen molar-refractivity contribution < 1.29 is 14.2 Å². The predicted molar refractivity (Wildman–Crippen MR) is 56.5 cm³/mol. The molecule has 0 aliphatic rings. The fourth-order valence-corrected chi connectivity index (χ4v) is 1.39. The van der Waals surface area contributed by atoms with Crippen molar-refractivity contribution in [2.45, 2.75) is 19.1 Å². The van der Waals surface area contributed by atoms with Crippen LogP contribution in [0.1, 0.15) is 30.3 Å². The van der Waals surface area contributed by atoms with Crippen molar-refractivity contribution in [2.24, 2.45) is 5.73 Å². The number of nitrogens with two attached hydrogens (primary N) is 1. The molecule has 0 saturated carbocycles. The third-order valence-electron chi connectivity index (χ3n) is 2.31. The molecule has 0 aromatic heterocycles. The first-order valence-electron chi connectivity index (χ1n) is 4.78. The van der Waals surface area contributed by atoms with Gasteiger partial charge in [0.1, 0.15) is 11.9 Å². The van der Waals surface area contributed by atoms with Crippen LogP contribution in [0.3, 0.4) is 0 Å². The summed E-state index contributed by atoms with van der Waals surface area (Å²) in [6.07, 6.45) is -1.06. The molecule has 4 heteroatoms. The molecule has 0 amide bonds. The highest BCUT2D eigenvalue weighted by Gasteiger charge is 2.13. The number of aliphatic hydroxyl groups is 1. The first kappa shape index (κ1) is 11.9. The predicted octanol–water partition coefficient (Wildman–Crippen LogP) is 1.72. The van der Waals surface area contributed by atoms with Crippen LogP contribution in [0.4, 0.5) is 4.39 Å². The average Bonchev–Trinajstić information content (AvgIpc) is 2.27. The quantitative estimate of drug-likeness (QED) is 0.800. The van der Waals surface area contributed by atoms with Crippen LogP contribution >= 0.6 is 0 Å². The van der Waals surface area contributed by atoms with Gasteiger partial charge in [0.2, 0.25) is 0 Å². The zero-order valence-electron chi connectivity index (χ0n) is 8.90. The molecule has 3 N–H and O–H groups in total. The molecule has 0 aliphatic heterocycles. The van der Waals surface area contributed by atoms with Gasteiger partial charge in [0.15, 0.2) is 0 Å². The van der Waals surface area contributed by atoms with E-state index in [4.69, 9.17) is 15.6 Å². The van der Waals surface area contributed by atoms with Crippen LogP contribution < -0.4 is 10.5 Å². The van der Waals surface area contributed by atoms with E-state index in [2.05, 4.69) is 0 Å². The van der Waals surface area contributed by atoms with E-state index in [1.165, 1.54) is 14.0 Å². The Morgan fingerprint density at radius 1 is 1.53 bits per heavy atom. The Morgan fingerprint density at radius 2 is 2.20 bits per heavy atom. The minimum atomic E-state index is -1.06. The van der Waals surface area contributed by atoms with Gasteiger partial charge in [-0.25, -0.2) is 4.39 Å². The summed E-state index contributed by atoms with van der Waals surface area (Å²) in [5.41, 5.74) is 6.85. The summed E-state index contributed by atoms with van der Waals surface area (Å²) in [6.45, 7) is 1.26. The van der Waals surface area contributed by atoms with Gasteiger partial charge in [0.25, 0.3) is 0 Å². The SMILES string of the molecule is COc1ccc(C(C)F)cc1C(N)CO. The molecule has 0 fully saturated rings. The molecule has 0 spiro atoms. The molecule has 3 nitrogen and oxygen atoms in total. The van der Waals surface area contributed by atoms with Crippen LogP contribution in [-0.4, -0.2) is 18.8 Å². The lowest BCUT2D eigenvalue weighted by Gasteiger charge is -2.15. The summed E-state index contributed by atoms with van der Waals surface area (Å²) in [6, 6.07) is 4.40. The molecule has 0 saturated heterocycles. The zero-order chi connectivity index (χ0) is 11.4. The number of halogens is 1. The van der Waals surface area contributed by atoms with E-state index < -0.39 is 12.2 Å². The van der Waals surface area contributed by atoms with Crippen molar-refractivity contribution >= 4 is 0 Å². The van der Waals surface area contributed by atoms with Gasteiger partial charge in [-0.3, -0.25) is 0 Å². The second-order valence-corrected chi connectivity index (χ2v) is 3.41. The molecule has 2 atom stereocenters. The number of rotatable bonds is 4. The molecule has 0 aliphatic carbocycles. The molecule has 15 heavy (non-hydrogen) atoms. The highest BCUT2D eigenvalue weighted by molar-refractivity contribution is 5.40. The van der Waals surface area contributed by atoms with Gasteiger partial charge < -0.3 is 15.6 Å². The Bertz CT molecular complexity index is 328. The van der Waals surface area contributed by atoms with Gasteiger partial charge >= 0.3 is 0 Å². The molecular weight excluding hydrogens is 197 g/mol. The number of hydrogen-bond acceptors (Lipinski definition) is 3. The molecule has 1 aromatic rings. The van der Waals surface area contributed by atoms with E-state index in [1.54, 1.807) is 18.2 Å². The second kappa shape index (κ2) is 5.09. The second-order valence-electron chi connectivity index (χ2n) is 3.41. The maximum absolute atomic E-state index is 13.1. The molecular formula is C11H16FNO2. The number of ether oxygens (including phenoxy) is 1. The van der Waals surface area contributed by atoms with E-state index in [-0.39, 0.29) is 6.61 Å². The Kier molecular flexibility index (Phi) is 4.05. The fourth-order valence-electron chi connectivity index (χ4n) is 1.39. The monoisotopic (exact) mass is 213 g/mol.